The van der Waals surface area contributed by atoms with Crippen molar-refractivity contribution in [1.82, 2.24) is 0 Å². The molecule has 0 bridgehead atoms. The largest absolute Gasteiger partial charge is 0.497 e. The van der Waals surface area contributed by atoms with E-state index < -0.39 is 5.25 Å². The first-order valence-corrected chi connectivity index (χ1v) is 8.89. The fourth-order valence-electron chi connectivity index (χ4n) is 2.51. The summed E-state index contributed by atoms with van der Waals surface area (Å²) < 4.78 is 10.4. The van der Waals surface area contributed by atoms with Gasteiger partial charge in [-0.25, -0.2) is 0 Å². The maximum absolute atomic E-state index is 12.1. The zero-order valence-corrected chi connectivity index (χ0v) is 14.7. The number of ether oxygens (including phenoxy) is 2. The van der Waals surface area contributed by atoms with Crippen LogP contribution in [0.4, 0.5) is 5.69 Å². The van der Waals surface area contributed by atoms with Crippen molar-refractivity contribution in [2.45, 2.75) is 23.0 Å². The number of anilines is 1. The summed E-state index contributed by atoms with van der Waals surface area (Å²) in [4.78, 5) is 25.1. The number of nitrogens with one attached hydrogen (secondary N) is 1. The molecule has 0 saturated carbocycles. The van der Waals surface area contributed by atoms with Gasteiger partial charge in [-0.2, -0.15) is 0 Å². The third kappa shape index (κ3) is 4.54. The fourth-order valence-corrected chi connectivity index (χ4v) is 3.61. The molecule has 25 heavy (non-hydrogen) atoms. The van der Waals surface area contributed by atoms with Gasteiger partial charge in [-0.15, -0.1) is 11.8 Å². The van der Waals surface area contributed by atoms with Crippen molar-refractivity contribution in [3.8, 4) is 5.75 Å². The highest BCUT2D eigenvalue weighted by molar-refractivity contribution is 8.01. The van der Waals surface area contributed by atoms with Gasteiger partial charge in [0.1, 0.15) is 5.75 Å². The minimum Gasteiger partial charge on any atom is -0.497 e. The van der Waals surface area contributed by atoms with Crippen molar-refractivity contribution in [3.63, 3.8) is 0 Å². The average Bonchev–Trinajstić information content (AvgIpc) is 2.63. The second kappa shape index (κ2) is 8.07. The van der Waals surface area contributed by atoms with Gasteiger partial charge < -0.3 is 14.8 Å². The van der Waals surface area contributed by atoms with Crippen LogP contribution in [0.25, 0.3) is 0 Å². The van der Waals surface area contributed by atoms with E-state index in [2.05, 4.69) is 5.32 Å². The van der Waals surface area contributed by atoms with E-state index in [1.807, 2.05) is 48.5 Å². The van der Waals surface area contributed by atoms with Gasteiger partial charge in [-0.05, 0) is 29.8 Å². The molecular weight excluding hydrogens is 338 g/mol. The van der Waals surface area contributed by atoms with Crippen LogP contribution in [0.5, 0.6) is 5.75 Å². The molecule has 6 heteroatoms. The van der Waals surface area contributed by atoms with E-state index in [0.29, 0.717) is 13.0 Å². The molecule has 130 valence electrons. The highest BCUT2D eigenvalue weighted by Crippen LogP contribution is 2.36. The lowest BCUT2D eigenvalue weighted by molar-refractivity contribution is -0.144. The Balaban J connectivity index is 1.47. The van der Waals surface area contributed by atoms with Crippen molar-refractivity contribution in [2.75, 3.05) is 19.0 Å². The monoisotopic (exact) mass is 357 g/mol. The molecule has 0 aromatic heterocycles. The maximum atomic E-state index is 12.1. The van der Waals surface area contributed by atoms with Gasteiger partial charge in [-0.3, -0.25) is 9.59 Å². The van der Waals surface area contributed by atoms with E-state index in [4.69, 9.17) is 9.47 Å². The Labute approximate surface area is 150 Å². The number of thioether (sulfide) groups is 1. The van der Waals surface area contributed by atoms with Gasteiger partial charge in [0.25, 0.3) is 0 Å². The first kappa shape index (κ1) is 17.4. The molecule has 0 radical (unpaired) electrons. The van der Waals surface area contributed by atoms with Crippen LogP contribution in [0.15, 0.2) is 53.4 Å². The van der Waals surface area contributed by atoms with E-state index in [0.717, 1.165) is 21.9 Å². The molecule has 3 rings (SSSR count). The van der Waals surface area contributed by atoms with Crippen LogP contribution in [-0.4, -0.2) is 30.8 Å². The third-order valence-electron chi connectivity index (χ3n) is 3.87. The van der Waals surface area contributed by atoms with Gasteiger partial charge in [0.05, 0.1) is 31.1 Å². The lowest BCUT2D eigenvalue weighted by Crippen LogP contribution is -2.31. The van der Waals surface area contributed by atoms with Crippen LogP contribution in [-0.2, 0) is 20.7 Å². The zero-order chi connectivity index (χ0) is 17.6. The minimum absolute atomic E-state index is 0.0629. The molecule has 1 atom stereocenters. The number of benzene rings is 2. The van der Waals surface area contributed by atoms with Crippen LogP contribution in [0.1, 0.15) is 12.0 Å². The van der Waals surface area contributed by atoms with Crippen LogP contribution >= 0.6 is 11.8 Å². The summed E-state index contributed by atoms with van der Waals surface area (Å²) in [6, 6.07) is 15.2. The number of carbonyl (C=O) groups excluding carboxylic acids is 2. The molecular formula is C19H19NO4S. The molecule has 0 saturated heterocycles. The van der Waals surface area contributed by atoms with Gasteiger partial charge in [0.15, 0.2) is 0 Å². The quantitative estimate of drug-likeness (QED) is 0.804. The average molecular weight is 357 g/mol. The topological polar surface area (TPSA) is 64.6 Å². The summed E-state index contributed by atoms with van der Waals surface area (Å²) in [5, 5.41) is 2.37. The molecule has 1 heterocycles. The lowest BCUT2D eigenvalue weighted by Gasteiger charge is -2.23. The second-order valence-corrected chi connectivity index (χ2v) is 6.86. The Morgan fingerprint density at radius 2 is 1.92 bits per heavy atom. The van der Waals surface area contributed by atoms with Crippen molar-refractivity contribution >= 4 is 29.3 Å². The molecule has 1 amide bonds. The number of amides is 1. The molecule has 2 aromatic carbocycles. The summed E-state index contributed by atoms with van der Waals surface area (Å²) in [5.74, 6) is 0.276. The first-order chi connectivity index (χ1) is 12.2. The highest BCUT2D eigenvalue weighted by Gasteiger charge is 2.29. The summed E-state index contributed by atoms with van der Waals surface area (Å²) in [5.41, 5.74) is 1.86. The summed E-state index contributed by atoms with van der Waals surface area (Å²) >= 11 is 1.40. The number of methoxy groups -OCH3 is 1. The Hall–Kier alpha value is -2.47. The smallest absolute Gasteiger partial charge is 0.307 e. The predicted molar refractivity (Wildman–Crippen MR) is 97.0 cm³/mol. The Bertz CT molecular complexity index is 760. The standard InChI is InChI=1S/C19H19NO4S/c1-23-14-8-6-13(7-9-14)10-11-24-18(21)12-17-19(22)20-15-4-2-3-5-16(15)25-17/h2-9,17H,10-12H2,1H3,(H,20,22)/t17-/m1/s1. The van der Waals surface area contributed by atoms with Crippen LogP contribution in [0.2, 0.25) is 0 Å². The van der Waals surface area contributed by atoms with Crippen LogP contribution < -0.4 is 10.1 Å². The zero-order valence-electron chi connectivity index (χ0n) is 13.9. The first-order valence-electron chi connectivity index (χ1n) is 8.01. The Morgan fingerprint density at radius 1 is 1.16 bits per heavy atom. The summed E-state index contributed by atoms with van der Waals surface area (Å²) in [6.45, 7) is 0.292. The summed E-state index contributed by atoms with van der Waals surface area (Å²) in [6.07, 6.45) is 0.690. The Morgan fingerprint density at radius 3 is 2.68 bits per heavy atom. The second-order valence-electron chi connectivity index (χ2n) is 5.61. The normalized spacial score (nSPS) is 15.9. The molecule has 1 aliphatic rings. The van der Waals surface area contributed by atoms with E-state index >= 15 is 0 Å². The van der Waals surface area contributed by atoms with Crippen molar-refractivity contribution < 1.29 is 19.1 Å². The SMILES string of the molecule is COc1ccc(CCOC(=O)C[C@H]2Sc3ccccc3NC2=O)cc1. The number of fused-ring (bicyclic) bond motifs is 1. The van der Waals surface area contributed by atoms with Crippen LogP contribution in [0.3, 0.4) is 0 Å². The van der Waals surface area contributed by atoms with Crippen molar-refractivity contribution in [1.29, 1.82) is 0 Å². The number of para-hydroxylation sites is 1. The van der Waals surface area contributed by atoms with E-state index in [1.54, 1.807) is 7.11 Å². The van der Waals surface area contributed by atoms with Gasteiger partial charge in [0.2, 0.25) is 5.91 Å². The number of hydrogen-bond acceptors (Lipinski definition) is 5. The number of carbonyl (C=O) groups is 2. The molecule has 2 aromatic rings. The Kier molecular flexibility index (Phi) is 5.60. The molecule has 0 fully saturated rings. The van der Waals surface area contributed by atoms with Gasteiger partial charge in [0, 0.05) is 11.3 Å². The highest BCUT2D eigenvalue weighted by atomic mass is 32.2. The number of hydrogen-bond donors (Lipinski definition) is 1. The van der Waals surface area contributed by atoms with E-state index in [-0.39, 0.29) is 18.3 Å². The minimum atomic E-state index is -0.455. The van der Waals surface area contributed by atoms with Gasteiger partial charge >= 0.3 is 5.97 Å². The lowest BCUT2D eigenvalue weighted by atomic mass is 10.1. The number of rotatable bonds is 6. The van der Waals surface area contributed by atoms with E-state index in [9.17, 15) is 9.59 Å². The molecule has 0 unspecified atom stereocenters. The molecule has 0 aliphatic carbocycles. The third-order valence-corrected chi connectivity index (χ3v) is 5.15. The van der Waals surface area contributed by atoms with Crippen molar-refractivity contribution in [2.24, 2.45) is 0 Å². The fraction of sp³-hybridized carbons (Fsp3) is 0.263. The molecule has 1 N–H and O–H groups in total. The van der Waals surface area contributed by atoms with Crippen molar-refractivity contribution in [3.05, 3.63) is 54.1 Å². The van der Waals surface area contributed by atoms with Crippen LogP contribution in [0, 0.1) is 0 Å². The van der Waals surface area contributed by atoms with E-state index in [1.165, 1.54) is 11.8 Å². The molecule has 1 aliphatic heterocycles. The predicted octanol–water partition coefficient (Wildman–Crippen LogP) is 3.28. The number of esters is 1. The molecule has 0 spiro atoms. The maximum Gasteiger partial charge on any atom is 0.307 e. The van der Waals surface area contributed by atoms with Gasteiger partial charge in [-0.1, -0.05) is 24.3 Å². The summed E-state index contributed by atoms with van der Waals surface area (Å²) in [7, 11) is 1.62. The molecule has 5 nitrogen and oxygen atoms in total.